The maximum Gasteiger partial charge on any atom is 0.0635 e. The van der Waals surface area contributed by atoms with Gasteiger partial charge < -0.3 is 37.7 Å². The zero-order chi connectivity index (χ0) is 68.8. The third kappa shape index (κ3) is 64.5. The summed E-state index contributed by atoms with van der Waals surface area (Å²) in [6, 6.07) is 72.0. The summed E-state index contributed by atoms with van der Waals surface area (Å²) < 4.78 is 0. The number of aliphatic imine (C=N–C) groups is 1. The Bertz CT molecular complexity index is 2710. The number of aryl methyl sites for hydroxylation is 1. The first-order chi connectivity index (χ1) is 41.7. The van der Waals surface area contributed by atoms with Gasteiger partial charge in [-0.25, -0.2) is 0 Å². The van der Waals surface area contributed by atoms with Crippen LogP contribution in [0.4, 0.5) is 11.4 Å². The molecule has 8 rings (SSSR count). The summed E-state index contributed by atoms with van der Waals surface area (Å²) in [6.07, 6.45) is 2.04. The van der Waals surface area contributed by atoms with E-state index < -0.39 is 40.2 Å². The van der Waals surface area contributed by atoms with Gasteiger partial charge in [0.2, 0.25) is 0 Å². The van der Waals surface area contributed by atoms with Crippen LogP contribution in [-0.2, 0) is 65.4 Å². The molecule has 0 radical (unpaired) electrons. The predicted octanol–water partition coefficient (Wildman–Crippen LogP) is 23.2. The van der Waals surface area contributed by atoms with Crippen molar-refractivity contribution in [3.05, 3.63) is 255 Å². The van der Waals surface area contributed by atoms with Gasteiger partial charge in [-0.1, -0.05) is 368 Å². The van der Waals surface area contributed by atoms with Gasteiger partial charge in [-0.3, -0.25) is 4.99 Å². The van der Waals surface area contributed by atoms with Gasteiger partial charge in [0, 0.05) is 66.2 Å². The largest absolute Gasteiger partial charge is 0.695 e. The molecule has 13 heteroatoms. The number of benzene rings is 8. The van der Waals surface area contributed by atoms with Crippen molar-refractivity contribution >= 4 is 120 Å². The SMILES string of the molecule is CC.CC.CC.CC.CC(CCc1ccccc1)=Nc1ccc2ccccc2c1.C[SiH3].C[SiH3].C[SiH3].C[Si](C)(C)C.[CH2-][Si](C)(C)C.[CH2-][Si](C)(C)C.[CH2-][Si](C)(C)C.[CH3-].[Zr].[Zr].c1ccc(C[N-]C([N-]c2ccc3ccccc3c2)P(c2ccccc2)c2ccccc2)cc1. The number of fused-ring (bicyclic) bond motifs is 2. The van der Waals surface area contributed by atoms with E-state index in [1.54, 1.807) is 0 Å². The average Bonchev–Trinajstić information content (AvgIpc) is 1.28. The van der Waals surface area contributed by atoms with E-state index in [0.29, 0.717) is 6.54 Å². The third-order valence-electron chi connectivity index (χ3n) is 9.25. The molecule has 0 aromatic heterocycles. The van der Waals surface area contributed by atoms with Crippen LogP contribution in [0.15, 0.2) is 211 Å². The molecule has 0 aliphatic rings. The van der Waals surface area contributed by atoms with Crippen LogP contribution in [0.1, 0.15) is 79.9 Å². The van der Waals surface area contributed by atoms with Gasteiger partial charge in [0.15, 0.2) is 0 Å². The summed E-state index contributed by atoms with van der Waals surface area (Å²) in [5.74, 6) is -0.189. The minimum atomic E-state index is -0.861. The molecule has 0 fully saturated rings. The average molecular weight is 1520 g/mol. The standard InChI is InChI=1S/C30H25N2P.C20H19N.C4H12Si.3C4H11Si.4C2H6.3CH6Si.CH3.2Zr/c1-4-12-24(13-5-1)23-31-30(32-27-21-20-25-14-10-11-15-26(25)22-27)33(28-16-6-2-7-17-28)29-18-8-3-9-19-29;1-16(11-12-17-7-3-2-4-8-17)21-20-14-13-18-9-5-6-10-19(18)15-20;4*1-5(2,3)4;7*1-2;;;/h1-22,30H,23H2;2-10,13-15H,11-12H2,1H3;1-4H3;3*1H2,2-4H3;7*1-2H3;1H3;;/q-2;;;3*-1;;;;;;;;-1;;. The first kappa shape index (κ1) is 104. The summed E-state index contributed by atoms with van der Waals surface area (Å²) in [5.41, 5.74) is 5.75. The van der Waals surface area contributed by atoms with E-state index in [4.69, 9.17) is 15.6 Å². The van der Waals surface area contributed by atoms with E-state index in [-0.39, 0.29) is 65.7 Å². The zero-order valence-electron chi connectivity index (χ0n) is 63.7. The topological polar surface area (TPSA) is 40.6 Å². The molecule has 0 amide bonds. The van der Waals surface area contributed by atoms with Crippen LogP contribution in [0.25, 0.3) is 32.2 Å². The van der Waals surface area contributed by atoms with Gasteiger partial charge in [0.25, 0.3) is 0 Å². The van der Waals surface area contributed by atoms with Crippen LogP contribution in [0, 0.1) is 27.1 Å². The normalized spacial score (nSPS) is 10.3. The van der Waals surface area contributed by atoms with Crippen LogP contribution < -0.4 is 10.6 Å². The van der Waals surface area contributed by atoms with Crippen LogP contribution in [0.2, 0.25) is 105 Å². The van der Waals surface area contributed by atoms with Crippen molar-refractivity contribution in [1.82, 2.24) is 0 Å². The minimum absolute atomic E-state index is 0. The van der Waals surface area contributed by atoms with E-state index in [9.17, 15) is 0 Å². The Hall–Kier alpha value is -2.58. The second-order valence-electron chi connectivity index (χ2n) is 23.9. The van der Waals surface area contributed by atoms with Gasteiger partial charge in [0.1, 0.15) is 0 Å². The number of rotatable bonds is 12. The van der Waals surface area contributed by atoms with E-state index in [0.717, 1.165) is 24.2 Å². The third-order valence-corrected chi connectivity index (χ3v) is 11.7. The predicted molar refractivity (Wildman–Crippen MR) is 449 cm³/mol. The summed E-state index contributed by atoms with van der Waals surface area (Å²) in [7, 11) is -0.0886. The molecular weight excluding hydrogens is 1390 g/mol. The van der Waals surface area contributed by atoms with Crippen LogP contribution in [0.3, 0.4) is 0 Å². The molecule has 0 bridgehead atoms. The summed E-state index contributed by atoms with van der Waals surface area (Å²) >= 11 is 0. The molecule has 91 heavy (non-hydrogen) atoms. The molecule has 0 saturated carbocycles. The van der Waals surface area contributed by atoms with E-state index in [1.807, 2.05) is 61.5 Å². The second kappa shape index (κ2) is 64.7. The smallest absolute Gasteiger partial charge is 0.0635 e. The fourth-order valence-electron chi connectivity index (χ4n) is 6.43. The molecule has 0 saturated heterocycles. The second-order valence-corrected chi connectivity index (χ2v) is 47.5. The maximum atomic E-state index is 5.24. The molecule has 8 aromatic carbocycles. The van der Waals surface area contributed by atoms with Crippen LogP contribution >= 0.6 is 7.92 Å². The molecule has 508 valence electrons. The van der Waals surface area contributed by atoms with Crippen LogP contribution in [-0.4, -0.2) is 74.6 Å². The van der Waals surface area contributed by atoms with Gasteiger partial charge in [-0.05, 0) is 100 Å². The van der Waals surface area contributed by atoms with E-state index in [1.165, 1.54) is 79.7 Å². The Morgan fingerprint density at radius 1 is 0.418 bits per heavy atom. The van der Waals surface area contributed by atoms with Crippen molar-refractivity contribution in [2.75, 3.05) is 0 Å². The molecule has 1 unspecified atom stereocenters. The number of hydrogen-bond acceptors (Lipinski definition) is 1. The fraction of sp³-hybridized carbons (Fsp3) is 0.372. The van der Waals surface area contributed by atoms with E-state index >= 15 is 0 Å². The Morgan fingerprint density at radius 3 is 1.05 bits per heavy atom. The zero-order valence-corrected chi connectivity index (χ0v) is 79.5. The molecule has 0 spiro atoms. The molecule has 1 atom stereocenters. The van der Waals surface area contributed by atoms with Crippen molar-refractivity contribution in [2.45, 2.75) is 192 Å². The molecule has 0 aliphatic heterocycles. The monoisotopic (exact) mass is 1520 g/mol. The van der Waals surface area contributed by atoms with Crippen molar-refractivity contribution in [3.8, 4) is 0 Å². The van der Waals surface area contributed by atoms with Crippen LogP contribution in [0.5, 0.6) is 0 Å². The van der Waals surface area contributed by atoms with Gasteiger partial charge >= 0.3 is 0 Å². The summed E-state index contributed by atoms with van der Waals surface area (Å²) in [6.45, 7) is 66.1. The number of nitrogens with zero attached hydrogens (tertiary/aromatic N) is 3. The first-order valence-corrected chi connectivity index (χ1v) is 55.6. The Balaban J connectivity index is -0.000000170. The number of hydrogen-bond donors (Lipinski definition) is 0. The Labute approximate surface area is 619 Å². The van der Waals surface area contributed by atoms with Crippen molar-refractivity contribution in [2.24, 2.45) is 4.99 Å². The molecule has 0 aliphatic carbocycles. The van der Waals surface area contributed by atoms with Crippen molar-refractivity contribution in [3.63, 3.8) is 0 Å². The van der Waals surface area contributed by atoms with Crippen molar-refractivity contribution in [1.29, 1.82) is 0 Å². The first-order valence-electron chi connectivity index (χ1n) is 33.1. The van der Waals surface area contributed by atoms with Gasteiger partial charge in [-0.15, -0.1) is 36.5 Å². The molecule has 0 heterocycles. The molecular formula is C78H134N3PSi7Zr2-6. The van der Waals surface area contributed by atoms with Crippen molar-refractivity contribution < 1.29 is 52.4 Å². The molecule has 3 nitrogen and oxygen atoms in total. The molecule has 0 N–H and O–H groups in total. The van der Waals surface area contributed by atoms with Gasteiger partial charge in [-0.2, -0.15) is 5.91 Å². The quantitative estimate of drug-likeness (QED) is 0.0506. The maximum absolute atomic E-state index is 5.24. The Morgan fingerprint density at radius 2 is 0.703 bits per heavy atom. The summed E-state index contributed by atoms with van der Waals surface area (Å²) in [5, 5.41) is 17.9. The van der Waals surface area contributed by atoms with E-state index in [2.05, 4.69) is 332 Å². The fourth-order valence-corrected chi connectivity index (χ4v) is 8.74. The minimum Gasteiger partial charge on any atom is -0.695 e. The molecule has 8 aromatic rings. The summed E-state index contributed by atoms with van der Waals surface area (Å²) in [4.78, 5) is 4.74. The Kier molecular flexibility index (Phi) is 74.3. The van der Waals surface area contributed by atoms with Gasteiger partial charge in [0.05, 0.1) is 5.69 Å².